The van der Waals surface area contributed by atoms with E-state index in [0.717, 1.165) is 0 Å². The van der Waals surface area contributed by atoms with Gasteiger partial charge in [-0.3, -0.25) is 9.59 Å². The lowest BCUT2D eigenvalue weighted by atomic mass is 9.81. The van der Waals surface area contributed by atoms with Crippen molar-refractivity contribution in [3.8, 4) is 0 Å². The van der Waals surface area contributed by atoms with Gasteiger partial charge in [0, 0.05) is 21.3 Å². The number of cyclic esters (lactones) is 2. The molecule has 106 valence electrons. The molecule has 3 aliphatic rings. The Bertz CT molecular complexity index is 413. The number of rotatable bonds is 4. The third-order valence-corrected chi connectivity index (χ3v) is 7.59. The standard InChI is InChI=1S/C11H16O7Si/c1-14-19(15-2,16-3)6-4-5-7-8(9(6)17-5)11(13)18-10(7)12/h5-9H,4H2,1-3H3/t5-,6+,7+,8+,9+/m1/s1. The van der Waals surface area contributed by atoms with E-state index in [0.29, 0.717) is 6.42 Å². The molecule has 0 N–H and O–H groups in total. The Labute approximate surface area is 111 Å². The molecule has 0 aromatic carbocycles. The number of esters is 2. The van der Waals surface area contributed by atoms with Crippen LogP contribution in [0.1, 0.15) is 6.42 Å². The van der Waals surface area contributed by atoms with E-state index >= 15 is 0 Å². The maximum atomic E-state index is 11.8. The minimum absolute atomic E-state index is 0.141. The Balaban J connectivity index is 1.90. The maximum Gasteiger partial charge on any atom is 0.506 e. The summed E-state index contributed by atoms with van der Waals surface area (Å²) in [6.07, 6.45) is -0.123. The number of hydrogen-bond acceptors (Lipinski definition) is 7. The molecule has 3 saturated heterocycles. The first-order valence-corrected chi connectivity index (χ1v) is 7.94. The summed E-state index contributed by atoms with van der Waals surface area (Å²) < 4.78 is 26.9. The van der Waals surface area contributed by atoms with Crippen LogP contribution in [0.25, 0.3) is 0 Å². The van der Waals surface area contributed by atoms with Crippen molar-refractivity contribution in [1.29, 1.82) is 0 Å². The van der Waals surface area contributed by atoms with Gasteiger partial charge in [0.05, 0.1) is 29.6 Å². The maximum absolute atomic E-state index is 11.8. The third kappa shape index (κ3) is 1.58. The smallest absolute Gasteiger partial charge is 0.393 e. The molecule has 3 heterocycles. The first kappa shape index (κ1) is 13.2. The van der Waals surface area contributed by atoms with Gasteiger partial charge in [0.2, 0.25) is 0 Å². The number of fused-ring (bicyclic) bond motifs is 5. The summed E-state index contributed by atoms with van der Waals surface area (Å²) in [6.45, 7) is 0. The van der Waals surface area contributed by atoms with Crippen molar-refractivity contribution >= 4 is 20.7 Å². The fourth-order valence-electron chi connectivity index (χ4n) is 3.60. The molecule has 8 heteroatoms. The zero-order chi connectivity index (χ0) is 13.8. The largest absolute Gasteiger partial charge is 0.506 e. The van der Waals surface area contributed by atoms with Gasteiger partial charge in [-0.15, -0.1) is 0 Å². The average Bonchev–Trinajstić information content (AvgIpc) is 3.06. The highest BCUT2D eigenvalue weighted by atomic mass is 28.4. The normalized spacial score (nSPS) is 40.7. The van der Waals surface area contributed by atoms with Crippen molar-refractivity contribution in [2.24, 2.45) is 11.8 Å². The van der Waals surface area contributed by atoms with E-state index in [2.05, 4.69) is 0 Å². The van der Waals surface area contributed by atoms with Gasteiger partial charge in [-0.25, -0.2) is 0 Å². The van der Waals surface area contributed by atoms with Crippen LogP contribution in [-0.2, 0) is 32.3 Å². The van der Waals surface area contributed by atoms with Gasteiger partial charge in [0.1, 0.15) is 0 Å². The summed E-state index contributed by atoms with van der Waals surface area (Å²) in [5.41, 5.74) is -0.141. The molecule has 7 nitrogen and oxygen atoms in total. The van der Waals surface area contributed by atoms with Crippen molar-refractivity contribution in [3.05, 3.63) is 0 Å². The highest BCUT2D eigenvalue weighted by Crippen LogP contribution is 2.55. The predicted octanol–water partition coefficient (Wildman–Crippen LogP) is -0.278. The predicted molar refractivity (Wildman–Crippen MR) is 61.9 cm³/mol. The average molecular weight is 288 g/mol. The Hall–Kier alpha value is -0.803. The van der Waals surface area contributed by atoms with Crippen LogP contribution in [0.3, 0.4) is 0 Å². The molecule has 0 saturated carbocycles. The van der Waals surface area contributed by atoms with Crippen molar-refractivity contribution in [2.75, 3.05) is 21.3 Å². The summed E-state index contributed by atoms with van der Waals surface area (Å²) in [5, 5.41) is 0. The van der Waals surface area contributed by atoms with Crippen LogP contribution in [0.2, 0.25) is 5.54 Å². The van der Waals surface area contributed by atoms with Crippen LogP contribution in [0.5, 0.6) is 0 Å². The van der Waals surface area contributed by atoms with Crippen LogP contribution in [-0.4, -0.2) is 54.3 Å². The lowest BCUT2D eigenvalue weighted by Gasteiger charge is -2.35. The van der Waals surface area contributed by atoms with Gasteiger partial charge < -0.3 is 22.8 Å². The number of carbonyl (C=O) groups is 2. The van der Waals surface area contributed by atoms with E-state index in [1.54, 1.807) is 0 Å². The van der Waals surface area contributed by atoms with Gasteiger partial charge in [-0.2, -0.15) is 0 Å². The van der Waals surface area contributed by atoms with E-state index in [9.17, 15) is 9.59 Å². The Morgan fingerprint density at radius 2 is 1.63 bits per heavy atom. The molecular weight excluding hydrogens is 272 g/mol. The molecule has 3 fully saturated rings. The fraction of sp³-hybridized carbons (Fsp3) is 0.818. The number of ether oxygens (including phenoxy) is 2. The molecule has 0 spiro atoms. The molecule has 5 atom stereocenters. The summed E-state index contributed by atoms with van der Waals surface area (Å²) in [4.78, 5) is 23.4. The monoisotopic (exact) mass is 288 g/mol. The minimum atomic E-state index is -2.89. The number of carbonyl (C=O) groups excluding carboxylic acids is 2. The summed E-state index contributed by atoms with van der Waals surface area (Å²) in [6, 6.07) is 0. The minimum Gasteiger partial charge on any atom is -0.393 e. The quantitative estimate of drug-likeness (QED) is 0.400. The molecule has 0 aromatic rings. The Morgan fingerprint density at radius 1 is 1.05 bits per heavy atom. The van der Waals surface area contributed by atoms with E-state index in [1.165, 1.54) is 21.3 Å². The second kappa shape index (κ2) is 4.35. The van der Waals surface area contributed by atoms with E-state index in [-0.39, 0.29) is 11.6 Å². The van der Waals surface area contributed by atoms with E-state index in [1.807, 2.05) is 0 Å². The van der Waals surface area contributed by atoms with Crippen LogP contribution in [0.4, 0.5) is 0 Å². The van der Waals surface area contributed by atoms with Crippen molar-refractivity contribution < 1.29 is 32.3 Å². The first-order valence-electron chi connectivity index (χ1n) is 6.14. The fourth-order valence-corrected chi connectivity index (χ4v) is 6.22. The molecule has 3 rings (SSSR count). The van der Waals surface area contributed by atoms with Gasteiger partial charge in [0.15, 0.2) is 0 Å². The molecular formula is C11H16O7Si. The van der Waals surface area contributed by atoms with E-state index in [4.69, 9.17) is 22.8 Å². The highest BCUT2D eigenvalue weighted by molar-refractivity contribution is 6.62. The molecule has 3 aliphatic heterocycles. The van der Waals surface area contributed by atoms with Crippen LogP contribution in [0, 0.1) is 11.8 Å². The Morgan fingerprint density at radius 3 is 2.21 bits per heavy atom. The van der Waals surface area contributed by atoms with Crippen molar-refractivity contribution in [3.63, 3.8) is 0 Å². The molecule has 0 amide bonds. The topological polar surface area (TPSA) is 80.3 Å². The van der Waals surface area contributed by atoms with Gasteiger partial charge in [-0.1, -0.05) is 0 Å². The lowest BCUT2D eigenvalue weighted by molar-refractivity contribution is -0.156. The van der Waals surface area contributed by atoms with Crippen LogP contribution in [0.15, 0.2) is 0 Å². The van der Waals surface area contributed by atoms with Crippen molar-refractivity contribution in [2.45, 2.75) is 24.2 Å². The second-order valence-corrected chi connectivity index (χ2v) is 8.16. The third-order valence-electron chi connectivity index (χ3n) is 4.41. The zero-order valence-corrected chi connectivity index (χ0v) is 12.0. The van der Waals surface area contributed by atoms with Gasteiger partial charge >= 0.3 is 20.7 Å². The van der Waals surface area contributed by atoms with Crippen LogP contribution < -0.4 is 0 Å². The zero-order valence-electron chi connectivity index (χ0n) is 11.0. The molecule has 19 heavy (non-hydrogen) atoms. The number of hydrogen-bond donors (Lipinski definition) is 0. The molecule has 0 aliphatic carbocycles. The molecule has 2 bridgehead atoms. The van der Waals surface area contributed by atoms with Gasteiger partial charge in [0.25, 0.3) is 0 Å². The summed E-state index contributed by atoms with van der Waals surface area (Å²) >= 11 is 0. The SMILES string of the molecule is CO[Si](OC)(OC)[C@H]1C[C@H]2O[C@@H]1[C@H]1C(=O)OC(=O)[C@H]12. The lowest BCUT2D eigenvalue weighted by Crippen LogP contribution is -2.53. The van der Waals surface area contributed by atoms with E-state index < -0.39 is 38.7 Å². The molecule has 0 aromatic heterocycles. The first-order chi connectivity index (χ1) is 9.07. The van der Waals surface area contributed by atoms with Crippen molar-refractivity contribution in [1.82, 2.24) is 0 Å². The highest BCUT2D eigenvalue weighted by Gasteiger charge is 2.70. The van der Waals surface area contributed by atoms with Gasteiger partial charge in [-0.05, 0) is 6.42 Å². The molecule has 0 radical (unpaired) electrons. The molecule has 0 unspecified atom stereocenters. The van der Waals surface area contributed by atoms with Crippen LogP contribution >= 0.6 is 0 Å². The summed E-state index contributed by atoms with van der Waals surface area (Å²) in [7, 11) is 1.69. The summed E-state index contributed by atoms with van der Waals surface area (Å²) in [5.74, 6) is -1.98. The Kier molecular flexibility index (Phi) is 3.02. The second-order valence-electron chi connectivity index (χ2n) is 4.99.